The van der Waals surface area contributed by atoms with Crippen molar-refractivity contribution in [3.8, 4) is 0 Å². The first-order valence-corrected chi connectivity index (χ1v) is 8.02. The molecule has 0 aromatic rings. The molecular weight excluding hydrogens is 208 g/mol. The highest BCUT2D eigenvalue weighted by Gasteiger charge is 2.20. The van der Waals surface area contributed by atoms with E-state index < -0.39 is 0 Å². The molecule has 2 bridgehead atoms. The average Bonchev–Trinajstić information content (AvgIpc) is 2.35. The Morgan fingerprint density at radius 2 is 0.882 bits per heavy atom. The first-order chi connectivity index (χ1) is 8.34. The van der Waals surface area contributed by atoms with Crippen LogP contribution in [0, 0.1) is 11.8 Å². The minimum absolute atomic E-state index is 0.00451. The lowest BCUT2D eigenvalue weighted by Crippen LogP contribution is -2.15. The van der Waals surface area contributed by atoms with Crippen LogP contribution in [0.3, 0.4) is 0 Å². The second-order valence-corrected chi connectivity index (χ2v) is 6.46. The minimum atomic E-state index is -0.00451. The first kappa shape index (κ1) is 13.4. The number of aliphatic hydroxyl groups excluding tert-OH is 1. The molecule has 3 aliphatic carbocycles. The van der Waals surface area contributed by atoms with Gasteiger partial charge in [-0.25, -0.2) is 0 Å². The van der Waals surface area contributed by atoms with Crippen LogP contribution in [0.1, 0.15) is 83.5 Å². The van der Waals surface area contributed by atoms with E-state index in [2.05, 4.69) is 0 Å². The Bertz CT molecular complexity index is 194. The van der Waals surface area contributed by atoms with Gasteiger partial charge >= 0.3 is 0 Å². The third kappa shape index (κ3) is 4.99. The van der Waals surface area contributed by atoms with Gasteiger partial charge < -0.3 is 5.11 Å². The maximum absolute atomic E-state index is 9.85. The van der Waals surface area contributed by atoms with Gasteiger partial charge in [0.25, 0.3) is 0 Å². The number of aliphatic hydroxyl groups is 1. The van der Waals surface area contributed by atoms with Gasteiger partial charge in [-0.15, -0.1) is 0 Å². The Balaban J connectivity index is 1.76. The smallest absolute Gasteiger partial charge is 0.0540 e. The Morgan fingerprint density at radius 3 is 1.47 bits per heavy atom. The van der Waals surface area contributed by atoms with E-state index in [1.807, 2.05) is 0 Å². The van der Waals surface area contributed by atoms with Gasteiger partial charge in [-0.3, -0.25) is 0 Å². The molecule has 1 atom stereocenters. The van der Waals surface area contributed by atoms with Gasteiger partial charge in [-0.2, -0.15) is 0 Å². The fraction of sp³-hybridized carbons (Fsp3) is 1.00. The number of fused-ring (bicyclic) bond motifs is 11. The van der Waals surface area contributed by atoms with Gasteiger partial charge in [0.2, 0.25) is 0 Å². The molecule has 1 nitrogen and oxygen atoms in total. The van der Waals surface area contributed by atoms with Crippen molar-refractivity contribution in [3.63, 3.8) is 0 Å². The van der Waals surface area contributed by atoms with Gasteiger partial charge in [-0.05, 0) is 24.7 Å². The topological polar surface area (TPSA) is 20.2 Å². The van der Waals surface area contributed by atoms with Crippen LogP contribution in [0.5, 0.6) is 0 Å². The lowest BCUT2D eigenvalue weighted by molar-refractivity contribution is 0.143. The largest absolute Gasteiger partial charge is 0.393 e. The summed E-state index contributed by atoms with van der Waals surface area (Å²) in [4.78, 5) is 0. The summed E-state index contributed by atoms with van der Waals surface area (Å²) in [6.45, 7) is 0. The molecule has 0 unspecified atom stereocenters. The zero-order chi connectivity index (χ0) is 11.9. The van der Waals surface area contributed by atoms with Crippen molar-refractivity contribution in [1.29, 1.82) is 0 Å². The summed E-state index contributed by atoms with van der Waals surface area (Å²) in [5, 5.41) is 9.85. The van der Waals surface area contributed by atoms with Gasteiger partial charge in [0, 0.05) is 0 Å². The molecule has 1 N–H and O–H groups in total. The lowest BCUT2D eigenvalue weighted by Gasteiger charge is -2.29. The summed E-state index contributed by atoms with van der Waals surface area (Å²) >= 11 is 0. The maximum atomic E-state index is 9.85. The highest BCUT2D eigenvalue weighted by Crippen LogP contribution is 2.34. The van der Waals surface area contributed by atoms with E-state index in [4.69, 9.17) is 0 Å². The van der Waals surface area contributed by atoms with Crippen LogP contribution in [-0.4, -0.2) is 11.2 Å². The van der Waals surface area contributed by atoms with E-state index in [1.54, 1.807) is 0 Å². The molecule has 0 radical (unpaired) electrons. The van der Waals surface area contributed by atoms with Gasteiger partial charge in [0.15, 0.2) is 0 Å². The highest BCUT2D eigenvalue weighted by molar-refractivity contribution is 4.73. The van der Waals surface area contributed by atoms with Crippen LogP contribution in [-0.2, 0) is 0 Å². The molecular formula is C16H30O. The molecule has 17 heavy (non-hydrogen) atoms. The molecule has 0 heterocycles. The summed E-state index contributed by atoms with van der Waals surface area (Å²) in [5.74, 6) is 2.06. The van der Waals surface area contributed by atoms with Crippen molar-refractivity contribution in [2.45, 2.75) is 89.6 Å². The minimum Gasteiger partial charge on any atom is -0.393 e. The fourth-order valence-corrected chi connectivity index (χ4v) is 3.76. The summed E-state index contributed by atoms with van der Waals surface area (Å²) < 4.78 is 0. The van der Waals surface area contributed by atoms with E-state index in [1.165, 1.54) is 70.6 Å². The molecule has 3 rings (SSSR count). The fourth-order valence-electron chi connectivity index (χ4n) is 3.76. The Hall–Kier alpha value is -0.0400. The van der Waals surface area contributed by atoms with Crippen molar-refractivity contribution in [3.05, 3.63) is 0 Å². The zero-order valence-electron chi connectivity index (χ0n) is 11.4. The van der Waals surface area contributed by atoms with E-state index in [0.717, 1.165) is 24.7 Å². The van der Waals surface area contributed by atoms with E-state index in [-0.39, 0.29) is 6.10 Å². The van der Waals surface area contributed by atoms with Crippen LogP contribution < -0.4 is 0 Å². The maximum Gasteiger partial charge on any atom is 0.0540 e. The van der Waals surface area contributed by atoms with Crippen molar-refractivity contribution >= 4 is 0 Å². The molecule has 0 saturated heterocycles. The van der Waals surface area contributed by atoms with Crippen LogP contribution in [0.25, 0.3) is 0 Å². The van der Waals surface area contributed by atoms with Gasteiger partial charge in [0.1, 0.15) is 0 Å². The average molecular weight is 238 g/mol. The third-order valence-electron chi connectivity index (χ3n) is 5.02. The second kappa shape index (κ2) is 7.41. The predicted octanol–water partition coefficient (Wildman–Crippen LogP) is 4.68. The summed E-state index contributed by atoms with van der Waals surface area (Å²) in [6, 6.07) is 0. The second-order valence-electron chi connectivity index (χ2n) is 6.46. The summed E-state index contributed by atoms with van der Waals surface area (Å²) in [7, 11) is 0. The molecule has 1 heteroatoms. The molecule has 0 aromatic heterocycles. The standard InChI is InChI=1S/C16H30O/c17-16-8-3-1-2-6-14-10-12-15(13-11-14)7-4-5-9-16/h14-17H,1-13H2/t14?,15?,16-/m0/s1. The molecule has 100 valence electrons. The first-order valence-electron chi connectivity index (χ1n) is 8.02. The SMILES string of the molecule is O[C@H]1CCCCCC2CCC(CCCC1)CC2. The Morgan fingerprint density at radius 1 is 0.471 bits per heavy atom. The predicted molar refractivity (Wildman–Crippen MR) is 73.0 cm³/mol. The van der Waals surface area contributed by atoms with Crippen molar-refractivity contribution in [2.75, 3.05) is 0 Å². The van der Waals surface area contributed by atoms with Crippen LogP contribution in [0.4, 0.5) is 0 Å². The molecule has 3 fully saturated rings. The normalized spacial score (nSPS) is 37.6. The molecule has 0 aliphatic heterocycles. The van der Waals surface area contributed by atoms with Crippen molar-refractivity contribution < 1.29 is 5.11 Å². The van der Waals surface area contributed by atoms with E-state index >= 15 is 0 Å². The summed E-state index contributed by atoms with van der Waals surface area (Å²) in [6.07, 6.45) is 17.6. The number of hydrogen-bond donors (Lipinski definition) is 1. The zero-order valence-corrected chi connectivity index (χ0v) is 11.4. The number of hydrogen-bond acceptors (Lipinski definition) is 1. The van der Waals surface area contributed by atoms with Crippen LogP contribution in [0.2, 0.25) is 0 Å². The Labute approximate surface area is 107 Å². The van der Waals surface area contributed by atoms with Crippen LogP contribution >= 0.6 is 0 Å². The molecule has 0 spiro atoms. The quantitative estimate of drug-likeness (QED) is 0.650. The van der Waals surface area contributed by atoms with Gasteiger partial charge in [0.05, 0.1) is 6.10 Å². The lowest BCUT2D eigenvalue weighted by atomic mass is 9.77. The third-order valence-corrected chi connectivity index (χ3v) is 5.02. The molecule has 0 amide bonds. The molecule has 3 saturated carbocycles. The van der Waals surface area contributed by atoms with Crippen molar-refractivity contribution in [1.82, 2.24) is 0 Å². The van der Waals surface area contributed by atoms with Crippen molar-refractivity contribution in [2.24, 2.45) is 11.8 Å². The van der Waals surface area contributed by atoms with E-state index in [9.17, 15) is 5.11 Å². The van der Waals surface area contributed by atoms with Gasteiger partial charge in [-0.1, -0.05) is 70.6 Å². The molecule has 3 aliphatic rings. The highest BCUT2D eigenvalue weighted by atomic mass is 16.3. The molecule has 0 aromatic carbocycles. The van der Waals surface area contributed by atoms with E-state index in [0.29, 0.717) is 0 Å². The summed E-state index contributed by atoms with van der Waals surface area (Å²) in [5.41, 5.74) is 0. The monoisotopic (exact) mass is 238 g/mol. The number of rotatable bonds is 0. The van der Waals surface area contributed by atoms with Crippen LogP contribution in [0.15, 0.2) is 0 Å². The Kier molecular flexibility index (Phi) is 5.84.